The van der Waals surface area contributed by atoms with E-state index in [2.05, 4.69) is 30.2 Å². The van der Waals surface area contributed by atoms with Crippen molar-refractivity contribution < 1.29 is 9.53 Å². The summed E-state index contributed by atoms with van der Waals surface area (Å²) in [4.78, 5) is 17.5. The fourth-order valence-electron chi connectivity index (χ4n) is 3.26. The zero-order chi connectivity index (χ0) is 19.0. The van der Waals surface area contributed by atoms with E-state index in [-0.39, 0.29) is 11.8 Å². The van der Waals surface area contributed by atoms with Gasteiger partial charge in [0.15, 0.2) is 5.13 Å². The minimum atomic E-state index is -0.0343. The maximum atomic E-state index is 12.1. The van der Waals surface area contributed by atoms with Crippen molar-refractivity contribution >= 4 is 22.4 Å². The summed E-state index contributed by atoms with van der Waals surface area (Å²) in [6.45, 7) is 4.59. The van der Waals surface area contributed by atoms with Crippen LogP contribution >= 0.6 is 11.3 Å². The van der Waals surface area contributed by atoms with E-state index in [1.54, 1.807) is 0 Å². The molecule has 0 fully saturated rings. The van der Waals surface area contributed by atoms with Gasteiger partial charge in [-0.1, -0.05) is 18.2 Å². The Morgan fingerprint density at radius 2 is 1.85 bits per heavy atom. The van der Waals surface area contributed by atoms with Crippen molar-refractivity contribution in [1.82, 2.24) is 10.3 Å². The molecule has 5 nitrogen and oxygen atoms in total. The van der Waals surface area contributed by atoms with Crippen molar-refractivity contribution in [2.24, 2.45) is 0 Å². The molecule has 3 aromatic rings. The van der Waals surface area contributed by atoms with E-state index in [1.807, 2.05) is 36.4 Å². The van der Waals surface area contributed by atoms with Crippen molar-refractivity contribution in [3.8, 4) is 11.5 Å². The summed E-state index contributed by atoms with van der Waals surface area (Å²) in [5, 5.41) is 3.43. The van der Waals surface area contributed by atoms with E-state index in [4.69, 9.17) is 10.5 Å². The summed E-state index contributed by atoms with van der Waals surface area (Å²) in [5.74, 6) is 1.58. The van der Waals surface area contributed by atoms with Crippen LogP contribution in [0.3, 0.4) is 0 Å². The highest BCUT2D eigenvalue weighted by Crippen LogP contribution is 2.38. The third-order valence-corrected chi connectivity index (χ3v) is 5.94. The molecule has 1 atom stereocenters. The van der Waals surface area contributed by atoms with Crippen molar-refractivity contribution in [3.63, 3.8) is 0 Å². The third kappa shape index (κ3) is 3.66. The van der Waals surface area contributed by atoms with Crippen LogP contribution in [0.25, 0.3) is 0 Å². The van der Waals surface area contributed by atoms with Crippen molar-refractivity contribution in [1.29, 1.82) is 0 Å². The number of thiazole rings is 1. The van der Waals surface area contributed by atoms with E-state index < -0.39 is 0 Å². The van der Waals surface area contributed by atoms with Gasteiger partial charge in [0.1, 0.15) is 11.5 Å². The Kier molecular flexibility index (Phi) is 4.58. The van der Waals surface area contributed by atoms with Gasteiger partial charge in [0.25, 0.3) is 0 Å². The van der Waals surface area contributed by atoms with E-state index in [0.717, 1.165) is 27.6 Å². The summed E-state index contributed by atoms with van der Waals surface area (Å²) in [6, 6.07) is 14.0. The number of benzene rings is 2. The smallest absolute Gasteiger partial charge is 0.221 e. The predicted octanol–water partition coefficient (Wildman–Crippen LogP) is 4.29. The maximum Gasteiger partial charge on any atom is 0.221 e. The number of amides is 1. The normalized spacial score (nSPS) is 16.4. The number of nitrogens with one attached hydrogen (secondary N) is 1. The molecule has 2 heterocycles. The van der Waals surface area contributed by atoms with Gasteiger partial charge in [0.2, 0.25) is 5.91 Å². The highest BCUT2D eigenvalue weighted by Gasteiger charge is 2.27. The molecule has 4 rings (SSSR count). The zero-order valence-electron chi connectivity index (χ0n) is 15.3. The molecule has 138 valence electrons. The van der Waals surface area contributed by atoms with E-state index in [1.165, 1.54) is 22.5 Å². The van der Waals surface area contributed by atoms with Crippen molar-refractivity contribution in [2.45, 2.75) is 32.7 Å². The molecule has 0 bridgehead atoms. The summed E-state index contributed by atoms with van der Waals surface area (Å²) >= 11 is 1.46. The van der Waals surface area contributed by atoms with Crippen LogP contribution in [0.1, 0.15) is 39.6 Å². The number of hydrogen-bond acceptors (Lipinski definition) is 5. The first-order valence-electron chi connectivity index (χ1n) is 8.86. The molecule has 0 spiro atoms. The minimum absolute atomic E-state index is 0.0271. The van der Waals surface area contributed by atoms with Crippen molar-refractivity contribution in [2.75, 3.05) is 5.73 Å². The molecular formula is C21H21N3O2S. The van der Waals surface area contributed by atoms with Gasteiger partial charge >= 0.3 is 0 Å². The molecule has 1 aliphatic rings. The number of aryl methyl sites for hydroxylation is 2. The van der Waals surface area contributed by atoms with Crippen LogP contribution < -0.4 is 15.8 Å². The second-order valence-electron chi connectivity index (χ2n) is 6.81. The van der Waals surface area contributed by atoms with E-state index in [9.17, 15) is 4.79 Å². The molecular weight excluding hydrogens is 358 g/mol. The minimum Gasteiger partial charge on any atom is -0.457 e. The van der Waals surface area contributed by atoms with Crippen molar-refractivity contribution in [3.05, 3.63) is 69.7 Å². The molecule has 27 heavy (non-hydrogen) atoms. The monoisotopic (exact) mass is 379 g/mol. The summed E-state index contributed by atoms with van der Waals surface area (Å²) in [7, 11) is 0. The molecule has 0 unspecified atom stereocenters. The first-order chi connectivity index (χ1) is 13.0. The van der Waals surface area contributed by atoms with Crippen LogP contribution in [-0.2, 0) is 11.3 Å². The first kappa shape index (κ1) is 17.5. The molecule has 1 aromatic heterocycles. The lowest BCUT2D eigenvalue weighted by Gasteiger charge is -2.14. The Labute approximate surface area is 162 Å². The molecule has 0 radical (unpaired) electrons. The lowest BCUT2D eigenvalue weighted by atomic mass is 9.93. The first-order valence-corrected chi connectivity index (χ1v) is 9.68. The molecule has 2 aromatic carbocycles. The second kappa shape index (κ2) is 7.04. The highest BCUT2D eigenvalue weighted by molar-refractivity contribution is 7.15. The number of fused-ring (bicyclic) bond motifs is 1. The number of carbonyl (C=O) groups is 1. The quantitative estimate of drug-likeness (QED) is 0.712. The van der Waals surface area contributed by atoms with Gasteiger partial charge in [0.05, 0.1) is 12.2 Å². The molecule has 1 aliphatic heterocycles. The lowest BCUT2D eigenvalue weighted by Crippen LogP contribution is -2.21. The summed E-state index contributed by atoms with van der Waals surface area (Å²) in [6.07, 6.45) is 0.395. The van der Waals surface area contributed by atoms with Crippen LogP contribution in [0, 0.1) is 13.8 Å². The fourth-order valence-corrected chi connectivity index (χ4v) is 4.24. The number of aromatic nitrogens is 1. The van der Waals surface area contributed by atoms with Crippen LogP contribution in [0.5, 0.6) is 11.5 Å². The van der Waals surface area contributed by atoms with E-state index >= 15 is 0 Å². The molecule has 0 saturated carbocycles. The highest BCUT2D eigenvalue weighted by atomic mass is 32.1. The number of ether oxygens (including phenoxy) is 1. The fraction of sp³-hybridized carbons (Fsp3) is 0.238. The Balaban J connectivity index is 1.59. The molecule has 0 aliphatic carbocycles. The molecule has 3 N–H and O–H groups in total. The average Bonchev–Trinajstić information content (AvgIpc) is 2.95. The second-order valence-corrected chi connectivity index (χ2v) is 7.88. The number of carbonyl (C=O) groups excluding carboxylic acids is 1. The predicted molar refractivity (Wildman–Crippen MR) is 107 cm³/mol. The van der Waals surface area contributed by atoms with Crippen LogP contribution in [0.4, 0.5) is 5.13 Å². The average molecular weight is 379 g/mol. The number of hydrogen-bond donors (Lipinski definition) is 2. The zero-order valence-corrected chi connectivity index (χ0v) is 16.1. The number of nitrogens with zero attached hydrogens (tertiary/aromatic N) is 1. The lowest BCUT2D eigenvalue weighted by molar-refractivity contribution is -0.121. The molecule has 1 amide bonds. The number of anilines is 1. The topological polar surface area (TPSA) is 77.2 Å². The third-order valence-electron chi connectivity index (χ3n) is 4.90. The Morgan fingerprint density at radius 1 is 1.11 bits per heavy atom. The molecule has 0 saturated heterocycles. The standard InChI is InChI=1S/C21H21N3O2S/c1-12-3-6-16(9-13(12)2)26-15-7-4-14(5-8-15)17-10-19(25)23-11-18-20(17)27-21(22)24-18/h3-9,17H,10-11H2,1-2H3,(H2,22,24)(H,23,25)/t17-/m0/s1. The number of rotatable bonds is 3. The Bertz CT molecular complexity index is 995. The number of nitrogens with two attached hydrogens (primary N) is 1. The van der Waals surface area contributed by atoms with Gasteiger partial charge < -0.3 is 15.8 Å². The summed E-state index contributed by atoms with van der Waals surface area (Å²) in [5.41, 5.74) is 10.3. The van der Waals surface area contributed by atoms with Crippen LogP contribution in [0.15, 0.2) is 42.5 Å². The Morgan fingerprint density at radius 3 is 2.59 bits per heavy atom. The van der Waals surface area contributed by atoms with Gasteiger partial charge in [-0.25, -0.2) is 4.98 Å². The van der Waals surface area contributed by atoms with Gasteiger partial charge in [-0.2, -0.15) is 0 Å². The van der Waals surface area contributed by atoms with Gasteiger partial charge in [0, 0.05) is 17.2 Å². The van der Waals surface area contributed by atoms with Crippen LogP contribution in [-0.4, -0.2) is 10.9 Å². The van der Waals surface area contributed by atoms with Crippen LogP contribution in [0.2, 0.25) is 0 Å². The molecule has 6 heteroatoms. The number of nitrogen functional groups attached to an aromatic ring is 1. The van der Waals surface area contributed by atoms with Gasteiger partial charge in [-0.05, 0) is 54.8 Å². The largest absolute Gasteiger partial charge is 0.457 e. The van der Waals surface area contributed by atoms with Gasteiger partial charge in [-0.3, -0.25) is 4.79 Å². The summed E-state index contributed by atoms with van der Waals surface area (Å²) < 4.78 is 5.97. The van der Waals surface area contributed by atoms with E-state index in [0.29, 0.717) is 18.1 Å². The Hall–Kier alpha value is -2.86. The SMILES string of the molecule is Cc1ccc(Oc2ccc([C@@H]3CC(=O)NCc4nc(N)sc43)cc2)cc1C. The maximum absolute atomic E-state index is 12.1. The van der Waals surface area contributed by atoms with Gasteiger partial charge in [-0.15, -0.1) is 11.3 Å².